The lowest BCUT2D eigenvalue weighted by atomic mass is 10.2. The Bertz CT molecular complexity index is 355. The number of ether oxygens (including phenoxy) is 1. The molecular formula is C11H16N2O3. The Kier molecular flexibility index (Phi) is 4.72. The molecule has 0 spiro atoms. The van der Waals surface area contributed by atoms with E-state index in [0.29, 0.717) is 25.4 Å². The summed E-state index contributed by atoms with van der Waals surface area (Å²) in [4.78, 5) is 16.6. The Hall–Kier alpha value is -1.62. The van der Waals surface area contributed by atoms with Gasteiger partial charge in [-0.3, -0.25) is 4.98 Å². The highest BCUT2D eigenvalue weighted by atomic mass is 16.5. The van der Waals surface area contributed by atoms with E-state index < -0.39 is 5.97 Å². The Morgan fingerprint density at radius 1 is 1.62 bits per heavy atom. The average Bonchev–Trinajstić information content (AvgIpc) is 2.29. The van der Waals surface area contributed by atoms with E-state index in [-0.39, 0.29) is 5.56 Å². The zero-order chi connectivity index (χ0) is 12.0. The molecule has 0 aliphatic heterocycles. The second kappa shape index (κ2) is 6.07. The first-order valence-corrected chi connectivity index (χ1v) is 5.13. The summed E-state index contributed by atoms with van der Waals surface area (Å²) in [7, 11) is 1.83. The van der Waals surface area contributed by atoms with Crippen molar-refractivity contribution in [3.05, 3.63) is 24.0 Å². The second-order valence-corrected chi connectivity index (χ2v) is 3.32. The topological polar surface area (TPSA) is 62.7 Å². The standard InChI is InChI=1S/C11H16N2O3/c1-3-16-7-6-13(2)10-4-5-12-8-9(10)11(14)15/h4-5,8H,3,6-7H2,1-2H3,(H,14,15). The number of carbonyl (C=O) groups is 1. The molecular weight excluding hydrogens is 208 g/mol. The molecule has 0 aliphatic carbocycles. The van der Waals surface area contributed by atoms with Crippen LogP contribution >= 0.6 is 0 Å². The molecule has 16 heavy (non-hydrogen) atoms. The van der Waals surface area contributed by atoms with Crippen LogP contribution in [-0.2, 0) is 4.74 Å². The summed E-state index contributed by atoms with van der Waals surface area (Å²) in [6, 6.07) is 1.69. The fourth-order valence-electron chi connectivity index (χ4n) is 1.35. The highest BCUT2D eigenvalue weighted by Crippen LogP contribution is 2.17. The number of anilines is 1. The first-order chi connectivity index (χ1) is 7.66. The molecule has 0 unspecified atom stereocenters. The van der Waals surface area contributed by atoms with Gasteiger partial charge in [-0.05, 0) is 13.0 Å². The third-order valence-corrected chi connectivity index (χ3v) is 2.21. The molecule has 0 saturated heterocycles. The van der Waals surface area contributed by atoms with E-state index in [1.54, 1.807) is 12.3 Å². The third-order valence-electron chi connectivity index (χ3n) is 2.21. The van der Waals surface area contributed by atoms with Gasteiger partial charge in [0.15, 0.2) is 0 Å². The molecule has 0 aliphatic rings. The van der Waals surface area contributed by atoms with E-state index in [0.717, 1.165) is 0 Å². The lowest BCUT2D eigenvalue weighted by Gasteiger charge is -2.20. The molecule has 0 radical (unpaired) electrons. The fraction of sp³-hybridized carbons (Fsp3) is 0.455. The van der Waals surface area contributed by atoms with E-state index in [2.05, 4.69) is 4.98 Å². The molecule has 0 aromatic carbocycles. The van der Waals surface area contributed by atoms with E-state index in [4.69, 9.17) is 9.84 Å². The smallest absolute Gasteiger partial charge is 0.339 e. The molecule has 1 rings (SSSR count). The molecule has 5 heteroatoms. The number of hydrogen-bond acceptors (Lipinski definition) is 4. The van der Waals surface area contributed by atoms with Crippen LogP contribution < -0.4 is 4.90 Å². The zero-order valence-electron chi connectivity index (χ0n) is 9.51. The Balaban J connectivity index is 2.74. The summed E-state index contributed by atoms with van der Waals surface area (Å²) in [5.74, 6) is -0.966. The maximum absolute atomic E-state index is 11.0. The molecule has 0 atom stereocenters. The first-order valence-electron chi connectivity index (χ1n) is 5.13. The summed E-state index contributed by atoms with van der Waals surface area (Å²) in [5, 5.41) is 8.99. The number of aromatic carboxylic acids is 1. The highest BCUT2D eigenvalue weighted by molar-refractivity contribution is 5.93. The number of nitrogens with zero attached hydrogens (tertiary/aromatic N) is 2. The highest BCUT2D eigenvalue weighted by Gasteiger charge is 2.12. The molecule has 5 nitrogen and oxygen atoms in total. The maximum Gasteiger partial charge on any atom is 0.339 e. The van der Waals surface area contributed by atoms with Crippen molar-refractivity contribution in [2.24, 2.45) is 0 Å². The average molecular weight is 224 g/mol. The van der Waals surface area contributed by atoms with Crippen LogP contribution in [0.15, 0.2) is 18.5 Å². The van der Waals surface area contributed by atoms with Gasteiger partial charge < -0.3 is 14.7 Å². The lowest BCUT2D eigenvalue weighted by Crippen LogP contribution is -2.24. The van der Waals surface area contributed by atoms with Crippen LogP contribution in [0.5, 0.6) is 0 Å². The van der Waals surface area contributed by atoms with Crippen molar-refractivity contribution in [2.75, 3.05) is 31.7 Å². The quantitative estimate of drug-likeness (QED) is 0.737. The summed E-state index contributed by atoms with van der Waals surface area (Å²) in [5.41, 5.74) is 0.865. The number of aromatic nitrogens is 1. The Labute approximate surface area is 94.7 Å². The van der Waals surface area contributed by atoms with Crippen LogP contribution in [0.3, 0.4) is 0 Å². The molecule has 0 fully saturated rings. The Morgan fingerprint density at radius 2 is 2.38 bits per heavy atom. The second-order valence-electron chi connectivity index (χ2n) is 3.32. The minimum atomic E-state index is -0.966. The van der Waals surface area contributed by atoms with Crippen molar-refractivity contribution in [1.29, 1.82) is 0 Å². The van der Waals surface area contributed by atoms with Crippen LogP contribution in [0.25, 0.3) is 0 Å². The SMILES string of the molecule is CCOCCN(C)c1ccncc1C(=O)O. The van der Waals surface area contributed by atoms with Gasteiger partial charge in [0.1, 0.15) is 5.56 Å². The lowest BCUT2D eigenvalue weighted by molar-refractivity contribution is 0.0697. The maximum atomic E-state index is 11.0. The van der Waals surface area contributed by atoms with Gasteiger partial charge in [0, 0.05) is 32.6 Å². The fourth-order valence-corrected chi connectivity index (χ4v) is 1.35. The van der Waals surface area contributed by atoms with Crippen LogP contribution in [0, 0.1) is 0 Å². The van der Waals surface area contributed by atoms with Crippen molar-refractivity contribution >= 4 is 11.7 Å². The molecule has 0 saturated carbocycles. The molecule has 1 aromatic heterocycles. The first kappa shape index (κ1) is 12.4. The largest absolute Gasteiger partial charge is 0.478 e. The number of hydrogen-bond donors (Lipinski definition) is 1. The Morgan fingerprint density at radius 3 is 3.00 bits per heavy atom. The number of rotatable bonds is 6. The van der Waals surface area contributed by atoms with Gasteiger partial charge in [-0.2, -0.15) is 0 Å². The molecule has 1 N–H and O–H groups in total. The van der Waals surface area contributed by atoms with Gasteiger partial charge >= 0.3 is 5.97 Å². The number of carboxylic acids is 1. The minimum absolute atomic E-state index is 0.210. The van der Waals surface area contributed by atoms with E-state index in [1.165, 1.54) is 6.20 Å². The van der Waals surface area contributed by atoms with Crippen LogP contribution in [0.2, 0.25) is 0 Å². The van der Waals surface area contributed by atoms with Crippen molar-refractivity contribution in [3.63, 3.8) is 0 Å². The minimum Gasteiger partial charge on any atom is -0.478 e. The third kappa shape index (κ3) is 3.20. The van der Waals surface area contributed by atoms with Gasteiger partial charge in [-0.25, -0.2) is 4.79 Å². The monoisotopic (exact) mass is 224 g/mol. The number of likely N-dealkylation sites (N-methyl/N-ethyl adjacent to an activating group) is 1. The molecule has 1 aromatic rings. The summed E-state index contributed by atoms with van der Waals surface area (Å²) < 4.78 is 5.22. The summed E-state index contributed by atoms with van der Waals surface area (Å²) >= 11 is 0. The summed E-state index contributed by atoms with van der Waals surface area (Å²) in [6.45, 7) is 3.82. The van der Waals surface area contributed by atoms with Crippen molar-refractivity contribution in [1.82, 2.24) is 4.98 Å². The normalized spacial score (nSPS) is 10.1. The summed E-state index contributed by atoms with van der Waals surface area (Å²) in [6.07, 6.45) is 2.94. The van der Waals surface area contributed by atoms with Gasteiger partial charge in [0.2, 0.25) is 0 Å². The molecule has 0 amide bonds. The van der Waals surface area contributed by atoms with Crippen molar-refractivity contribution < 1.29 is 14.6 Å². The van der Waals surface area contributed by atoms with E-state index >= 15 is 0 Å². The van der Waals surface area contributed by atoms with Crippen LogP contribution in [0.4, 0.5) is 5.69 Å². The van der Waals surface area contributed by atoms with Gasteiger partial charge in [-0.1, -0.05) is 0 Å². The predicted octanol–water partition coefficient (Wildman–Crippen LogP) is 1.25. The van der Waals surface area contributed by atoms with E-state index in [1.807, 2.05) is 18.9 Å². The van der Waals surface area contributed by atoms with Crippen LogP contribution in [0.1, 0.15) is 17.3 Å². The zero-order valence-corrected chi connectivity index (χ0v) is 9.51. The predicted molar refractivity (Wildman–Crippen MR) is 61.0 cm³/mol. The van der Waals surface area contributed by atoms with Crippen LogP contribution in [-0.4, -0.2) is 42.9 Å². The molecule has 1 heterocycles. The van der Waals surface area contributed by atoms with Crippen molar-refractivity contribution in [3.8, 4) is 0 Å². The van der Waals surface area contributed by atoms with Crippen molar-refractivity contribution in [2.45, 2.75) is 6.92 Å². The molecule has 88 valence electrons. The van der Waals surface area contributed by atoms with E-state index in [9.17, 15) is 4.79 Å². The van der Waals surface area contributed by atoms with Gasteiger partial charge in [0.05, 0.1) is 12.3 Å². The molecule has 0 bridgehead atoms. The van der Waals surface area contributed by atoms with Gasteiger partial charge in [0.25, 0.3) is 0 Å². The number of pyridine rings is 1. The number of carboxylic acid groups (broad SMARTS) is 1. The van der Waals surface area contributed by atoms with Gasteiger partial charge in [-0.15, -0.1) is 0 Å².